The first-order valence-electron chi connectivity index (χ1n) is 6.68. The minimum Gasteiger partial charge on any atom is -0.481 e. The second-order valence-corrected chi connectivity index (χ2v) is 6.36. The minimum absolute atomic E-state index is 0.217. The highest BCUT2D eigenvalue weighted by Gasteiger charge is 2.55. The van der Waals surface area contributed by atoms with Gasteiger partial charge in [-0.2, -0.15) is 0 Å². The molecule has 0 amide bonds. The Morgan fingerprint density at radius 3 is 2.84 bits per heavy atom. The fourth-order valence-electron chi connectivity index (χ4n) is 4.02. The average molecular weight is 283 g/mol. The van der Waals surface area contributed by atoms with E-state index in [0.29, 0.717) is 29.3 Å². The van der Waals surface area contributed by atoms with E-state index in [1.54, 1.807) is 0 Å². The van der Waals surface area contributed by atoms with Crippen molar-refractivity contribution in [1.29, 1.82) is 0 Å². The molecule has 2 aliphatic rings. The van der Waals surface area contributed by atoms with Crippen molar-refractivity contribution in [3.63, 3.8) is 0 Å². The molecule has 3 unspecified atom stereocenters. The normalized spacial score (nSPS) is 32.7. The summed E-state index contributed by atoms with van der Waals surface area (Å²) in [5.74, 6) is -0.370. The number of carboxylic acid groups (broad SMARTS) is 1. The molecule has 0 heterocycles. The van der Waals surface area contributed by atoms with E-state index in [2.05, 4.69) is 0 Å². The van der Waals surface area contributed by atoms with Crippen molar-refractivity contribution in [2.45, 2.75) is 32.1 Å². The van der Waals surface area contributed by atoms with E-state index in [-0.39, 0.29) is 11.7 Å². The van der Waals surface area contributed by atoms with Crippen molar-refractivity contribution in [3.05, 3.63) is 34.6 Å². The van der Waals surface area contributed by atoms with E-state index in [1.165, 1.54) is 18.2 Å². The molecule has 102 valence electrons. The highest BCUT2D eigenvalue weighted by molar-refractivity contribution is 6.31. The van der Waals surface area contributed by atoms with Gasteiger partial charge in [0.15, 0.2) is 0 Å². The molecule has 2 bridgehead atoms. The molecule has 2 aliphatic carbocycles. The molecule has 2 fully saturated rings. The standard InChI is InChI=1S/C15H16ClFO2/c16-13-4-3-12(17)6-10(13)8-15(14(18)19)7-9-1-2-11(15)5-9/h3-4,6,9,11H,1-2,5,7-8H2,(H,18,19). The Morgan fingerprint density at radius 1 is 1.47 bits per heavy atom. The largest absolute Gasteiger partial charge is 0.481 e. The van der Waals surface area contributed by atoms with Gasteiger partial charge in [0.2, 0.25) is 0 Å². The highest BCUT2D eigenvalue weighted by atomic mass is 35.5. The molecule has 0 saturated heterocycles. The maximum atomic E-state index is 13.3. The number of carbonyl (C=O) groups is 1. The molecule has 2 nitrogen and oxygen atoms in total. The van der Waals surface area contributed by atoms with E-state index < -0.39 is 11.4 Å². The third kappa shape index (κ3) is 2.04. The number of hydrogen-bond acceptors (Lipinski definition) is 1. The van der Waals surface area contributed by atoms with Crippen LogP contribution in [0.15, 0.2) is 18.2 Å². The SMILES string of the molecule is O=C(O)C1(Cc2cc(F)ccc2Cl)CC2CCC1C2. The maximum absolute atomic E-state index is 13.3. The lowest BCUT2D eigenvalue weighted by Gasteiger charge is -2.34. The number of rotatable bonds is 3. The van der Waals surface area contributed by atoms with Gasteiger partial charge in [-0.05, 0) is 61.3 Å². The third-order valence-electron chi connectivity index (χ3n) is 4.92. The van der Waals surface area contributed by atoms with Gasteiger partial charge in [0, 0.05) is 5.02 Å². The minimum atomic E-state index is -0.750. The molecule has 3 atom stereocenters. The number of aliphatic carboxylic acids is 1. The molecule has 0 spiro atoms. The fraction of sp³-hybridized carbons (Fsp3) is 0.533. The summed E-state index contributed by atoms with van der Waals surface area (Å²) in [5, 5.41) is 10.1. The average Bonchev–Trinajstić information content (AvgIpc) is 2.94. The second kappa shape index (κ2) is 4.48. The van der Waals surface area contributed by atoms with Crippen LogP contribution in [0.4, 0.5) is 4.39 Å². The monoisotopic (exact) mass is 282 g/mol. The van der Waals surface area contributed by atoms with Crippen LogP contribution < -0.4 is 0 Å². The summed E-state index contributed by atoms with van der Waals surface area (Å²) < 4.78 is 13.3. The van der Waals surface area contributed by atoms with Crippen LogP contribution in [0.2, 0.25) is 5.02 Å². The zero-order valence-corrected chi connectivity index (χ0v) is 11.3. The van der Waals surface area contributed by atoms with E-state index in [0.717, 1.165) is 19.3 Å². The van der Waals surface area contributed by atoms with Gasteiger partial charge in [-0.15, -0.1) is 0 Å². The lowest BCUT2D eigenvalue weighted by Crippen LogP contribution is -2.38. The summed E-state index contributed by atoms with van der Waals surface area (Å²) in [6.07, 6.45) is 4.17. The Labute approximate surface area is 116 Å². The predicted octanol–water partition coefficient (Wildman–Crippen LogP) is 3.91. The molecule has 19 heavy (non-hydrogen) atoms. The van der Waals surface area contributed by atoms with Crippen LogP contribution in [0, 0.1) is 23.1 Å². The summed E-state index contributed by atoms with van der Waals surface area (Å²) in [6, 6.07) is 4.19. The van der Waals surface area contributed by atoms with Crippen LogP contribution in [0.3, 0.4) is 0 Å². The van der Waals surface area contributed by atoms with E-state index in [1.807, 2.05) is 0 Å². The van der Waals surface area contributed by atoms with Crippen molar-refractivity contribution in [1.82, 2.24) is 0 Å². The van der Waals surface area contributed by atoms with Gasteiger partial charge in [0.25, 0.3) is 0 Å². The molecule has 1 aromatic rings. The summed E-state index contributed by atoms with van der Waals surface area (Å²) in [7, 11) is 0. The van der Waals surface area contributed by atoms with Crippen LogP contribution in [-0.2, 0) is 11.2 Å². The maximum Gasteiger partial charge on any atom is 0.310 e. The fourth-order valence-corrected chi connectivity index (χ4v) is 4.20. The summed E-state index contributed by atoms with van der Waals surface area (Å²) >= 11 is 6.08. The van der Waals surface area contributed by atoms with Gasteiger partial charge in [-0.3, -0.25) is 4.79 Å². The van der Waals surface area contributed by atoms with E-state index >= 15 is 0 Å². The van der Waals surface area contributed by atoms with E-state index in [9.17, 15) is 14.3 Å². The molecule has 3 rings (SSSR count). The molecule has 1 aromatic carbocycles. The van der Waals surface area contributed by atoms with Crippen LogP contribution in [0.25, 0.3) is 0 Å². The molecule has 0 radical (unpaired) electrons. The first-order valence-corrected chi connectivity index (χ1v) is 7.06. The Kier molecular flexibility index (Phi) is 3.05. The molecule has 4 heteroatoms. The molecule has 1 N–H and O–H groups in total. The van der Waals surface area contributed by atoms with Crippen LogP contribution in [0.5, 0.6) is 0 Å². The lowest BCUT2D eigenvalue weighted by atomic mass is 9.69. The number of halogens is 2. The van der Waals surface area contributed by atoms with E-state index in [4.69, 9.17) is 11.6 Å². The second-order valence-electron chi connectivity index (χ2n) is 5.95. The van der Waals surface area contributed by atoms with Gasteiger partial charge < -0.3 is 5.11 Å². The molecular formula is C15H16ClFO2. The van der Waals surface area contributed by atoms with Crippen molar-refractivity contribution in [2.75, 3.05) is 0 Å². The van der Waals surface area contributed by atoms with Gasteiger partial charge >= 0.3 is 5.97 Å². The summed E-state index contributed by atoms with van der Waals surface area (Å²) in [4.78, 5) is 11.8. The lowest BCUT2D eigenvalue weighted by molar-refractivity contribution is -0.152. The first kappa shape index (κ1) is 12.9. The summed E-state index contributed by atoms with van der Waals surface area (Å²) in [6.45, 7) is 0. The Hall–Kier alpha value is -1.09. The van der Waals surface area contributed by atoms with Gasteiger partial charge in [0.1, 0.15) is 5.82 Å². The zero-order chi connectivity index (χ0) is 13.6. The molecule has 2 saturated carbocycles. The first-order chi connectivity index (χ1) is 9.01. The number of benzene rings is 1. The summed E-state index contributed by atoms with van der Waals surface area (Å²) in [5.41, 5.74) is -0.114. The topological polar surface area (TPSA) is 37.3 Å². The van der Waals surface area contributed by atoms with Gasteiger partial charge in [-0.25, -0.2) is 4.39 Å². The molecule has 0 aromatic heterocycles. The smallest absolute Gasteiger partial charge is 0.310 e. The van der Waals surface area contributed by atoms with Crippen molar-refractivity contribution < 1.29 is 14.3 Å². The zero-order valence-electron chi connectivity index (χ0n) is 10.5. The van der Waals surface area contributed by atoms with Gasteiger partial charge in [-0.1, -0.05) is 18.0 Å². The van der Waals surface area contributed by atoms with Crippen LogP contribution in [-0.4, -0.2) is 11.1 Å². The quantitative estimate of drug-likeness (QED) is 0.912. The van der Waals surface area contributed by atoms with Crippen molar-refractivity contribution in [2.24, 2.45) is 17.3 Å². The molecular weight excluding hydrogens is 267 g/mol. The Balaban J connectivity index is 1.95. The van der Waals surface area contributed by atoms with Gasteiger partial charge in [0.05, 0.1) is 5.41 Å². The number of hydrogen-bond donors (Lipinski definition) is 1. The number of carboxylic acids is 1. The highest BCUT2D eigenvalue weighted by Crippen LogP contribution is 2.57. The predicted molar refractivity (Wildman–Crippen MR) is 70.6 cm³/mol. The number of fused-ring (bicyclic) bond motifs is 2. The third-order valence-corrected chi connectivity index (χ3v) is 5.28. The Bertz CT molecular complexity index is 531. The van der Waals surface area contributed by atoms with Crippen LogP contribution in [0.1, 0.15) is 31.2 Å². The van der Waals surface area contributed by atoms with Crippen molar-refractivity contribution >= 4 is 17.6 Å². The van der Waals surface area contributed by atoms with Crippen LogP contribution >= 0.6 is 11.6 Å². The Morgan fingerprint density at radius 2 is 2.26 bits per heavy atom. The van der Waals surface area contributed by atoms with Crippen molar-refractivity contribution in [3.8, 4) is 0 Å². The molecule has 0 aliphatic heterocycles.